The third kappa shape index (κ3) is 4.98. The Morgan fingerprint density at radius 3 is 2.30 bits per heavy atom. The number of nitrogens with one attached hydrogen (secondary N) is 1. The fourth-order valence-electron chi connectivity index (χ4n) is 1.98. The molecule has 1 amide bonds. The summed E-state index contributed by atoms with van der Waals surface area (Å²) in [4.78, 5) is 23.9. The van der Waals surface area contributed by atoms with E-state index < -0.39 is 0 Å². The maximum atomic E-state index is 12.0. The molecule has 6 heteroatoms. The fourth-order valence-corrected chi connectivity index (χ4v) is 2.29. The van der Waals surface area contributed by atoms with E-state index in [4.69, 9.17) is 23.2 Å². The van der Waals surface area contributed by atoms with Crippen LogP contribution in [-0.4, -0.2) is 23.3 Å². The zero-order chi connectivity index (χ0) is 16.8. The highest BCUT2D eigenvalue weighted by atomic mass is 35.5. The van der Waals surface area contributed by atoms with Gasteiger partial charge in [-0.1, -0.05) is 23.2 Å². The summed E-state index contributed by atoms with van der Waals surface area (Å²) in [5.74, 6) is -0.354. The molecule has 0 fully saturated rings. The summed E-state index contributed by atoms with van der Waals surface area (Å²) in [5, 5.41) is 12.8. The van der Waals surface area contributed by atoms with Crippen molar-refractivity contribution in [3.05, 3.63) is 63.6 Å². The van der Waals surface area contributed by atoms with Crippen molar-refractivity contribution in [2.75, 3.05) is 6.54 Å². The molecule has 0 aliphatic carbocycles. The Balaban J connectivity index is 1.78. The minimum Gasteiger partial charge on any atom is -0.506 e. The summed E-state index contributed by atoms with van der Waals surface area (Å²) < 4.78 is 0. The monoisotopic (exact) mass is 351 g/mol. The van der Waals surface area contributed by atoms with Gasteiger partial charge in [0.15, 0.2) is 5.78 Å². The van der Waals surface area contributed by atoms with Crippen molar-refractivity contribution in [1.82, 2.24) is 5.32 Å². The SMILES string of the molecule is O=C(CCCNC(=O)c1ccc(Cl)cc1)c1ccc(O)c(Cl)c1. The number of amides is 1. The number of halogens is 2. The second kappa shape index (κ2) is 7.99. The Hall–Kier alpha value is -2.04. The van der Waals surface area contributed by atoms with Crippen molar-refractivity contribution in [2.24, 2.45) is 0 Å². The smallest absolute Gasteiger partial charge is 0.251 e. The summed E-state index contributed by atoms with van der Waals surface area (Å²) in [7, 11) is 0. The number of carbonyl (C=O) groups is 2. The number of hydrogen-bond donors (Lipinski definition) is 2. The number of carbonyl (C=O) groups excluding carboxylic acids is 2. The van der Waals surface area contributed by atoms with Gasteiger partial charge < -0.3 is 10.4 Å². The lowest BCUT2D eigenvalue weighted by molar-refractivity contribution is 0.0938. The Kier molecular flexibility index (Phi) is 6.02. The van der Waals surface area contributed by atoms with Crippen LogP contribution < -0.4 is 5.32 Å². The minimum absolute atomic E-state index is 0.0570. The van der Waals surface area contributed by atoms with Crippen molar-refractivity contribution >= 4 is 34.9 Å². The summed E-state index contributed by atoms with van der Waals surface area (Å²) >= 11 is 11.5. The first-order chi connectivity index (χ1) is 11.0. The quantitative estimate of drug-likeness (QED) is 0.608. The third-order valence-electron chi connectivity index (χ3n) is 3.24. The molecule has 0 unspecified atom stereocenters. The van der Waals surface area contributed by atoms with Crippen molar-refractivity contribution < 1.29 is 14.7 Å². The molecule has 0 heterocycles. The van der Waals surface area contributed by atoms with Crippen molar-refractivity contribution in [3.63, 3.8) is 0 Å². The van der Waals surface area contributed by atoms with Gasteiger partial charge in [0.25, 0.3) is 5.91 Å². The molecule has 23 heavy (non-hydrogen) atoms. The number of ketones is 1. The van der Waals surface area contributed by atoms with Gasteiger partial charge in [-0.3, -0.25) is 9.59 Å². The molecule has 2 N–H and O–H groups in total. The number of phenolic OH excluding ortho intramolecular Hbond substituents is 1. The molecular formula is C17H15Cl2NO3. The molecule has 0 saturated carbocycles. The first-order valence-corrected chi connectivity index (χ1v) is 7.78. The van der Waals surface area contributed by atoms with Crippen LogP contribution in [0.15, 0.2) is 42.5 Å². The highest BCUT2D eigenvalue weighted by molar-refractivity contribution is 6.32. The number of aromatic hydroxyl groups is 1. The molecule has 2 aromatic carbocycles. The fraction of sp³-hybridized carbons (Fsp3) is 0.176. The molecule has 0 radical (unpaired) electrons. The third-order valence-corrected chi connectivity index (χ3v) is 3.80. The van der Waals surface area contributed by atoms with Crippen LogP contribution in [0.2, 0.25) is 10.0 Å². The van der Waals surface area contributed by atoms with Crippen LogP contribution in [0.3, 0.4) is 0 Å². The lowest BCUT2D eigenvalue weighted by Crippen LogP contribution is -2.24. The van der Waals surface area contributed by atoms with Gasteiger partial charge in [0.1, 0.15) is 5.75 Å². The van der Waals surface area contributed by atoms with E-state index in [0.717, 1.165) is 0 Å². The molecule has 0 saturated heterocycles. The van der Waals surface area contributed by atoms with E-state index in [-0.39, 0.29) is 28.9 Å². The molecule has 4 nitrogen and oxygen atoms in total. The first-order valence-electron chi connectivity index (χ1n) is 7.03. The summed E-state index contributed by atoms with van der Waals surface area (Å²) in [6, 6.07) is 10.9. The topological polar surface area (TPSA) is 66.4 Å². The number of rotatable bonds is 6. The summed E-state index contributed by atoms with van der Waals surface area (Å²) in [5.41, 5.74) is 0.961. The summed E-state index contributed by atoms with van der Waals surface area (Å²) in [6.45, 7) is 0.388. The number of benzene rings is 2. The Labute approximate surface area is 144 Å². The van der Waals surface area contributed by atoms with E-state index in [0.29, 0.717) is 29.1 Å². The van der Waals surface area contributed by atoms with E-state index in [1.165, 1.54) is 18.2 Å². The molecule has 0 aliphatic heterocycles. The maximum Gasteiger partial charge on any atom is 0.251 e. The minimum atomic E-state index is -0.207. The summed E-state index contributed by atoms with van der Waals surface area (Å²) in [6.07, 6.45) is 0.790. The molecule has 0 bridgehead atoms. The van der Waals surface area contributed by atoms with Crippen LogP contribution in [-0.2, 0) is 0 Å². The average Bonchev–Trinajstić information content (AvgIpc) is 2.54. The van der Waals surface area contributed by atoms with Crippen LogP contribution in [0.25, 0.3) is 0 Å². The second-order valence-electron chi connectivity index (χ2n) is 4.96. The van der Waals surface area contributed by atoms with Crippen LogP contribution in [0.4, 0.5) is 0 Å². The largest absolute Gasteiger partial charge is 0.506 e. The lowest BCUT2D eigenvalue weighted by Gasteiger charge is -2.06. The Morgan fingerprint density at radius 1 is 1.00 bits per heavy atom. The van der Waals surface area contributed by atoms with Gasteiger partial charge in [0.05, 0.1) is 5.02 Å². The average molecular weight is 352 g/mol. The van der Waals surface area contributed by atoms with Gasteiger partial charge in [0, 0.05) is 29.1 Å². The van der Waals surface area contributed by atoms with E-state index in [9.17, 15) is 14.7 Å². The molecule has 120 valence electrons. The van der Waals surface area contributed by atoms with Gasteiger partial charge in [-0.25, -0.2) is 0 Å². The van der Waals surface area contributed by atoms with Crippen LogP contribution in [0.1, 0.15) is 33.6 Å². The Bertz CT molecular complexity index is 714. The number of hydrogen-bond acceptors (Lipinski definition) is 3. The van der Waals surface area contributed by atoms with Crippen LogP contribution in [0.5, 0.6) is 5.75 Å². The molecule has 2 rings (SSSR count). The molecule has 0 atom stereocenters. The van der Waals surface area contributed by atoms with E-state index in [1.54, 1.807) is 24.3 Å². The second-order valence-corrected chi connectivity index (χ2v) is 5.80. The predicted octanol–water partition coefficient (Wildman–Crippen LogP) is 4.09. The highest BCUT2D eigenvalue weighted by Crippen LogP contribution is 2.24. The van der Waals surface area contributed by atoms with Gasteiger partial charge >= 0.3 is 0 Å². The number of phenols is 1. The molecule has 0 aliphatic rings. The molecule has 2 aromatic rings. The van der Waals surface area contributed by atoms with Crippen molar-refractivity contribution in [2.45, 2.75) is 12.8 Å². The van der Waals surface area contributed by atoms with E-state index >= 15 is 0 Å². The highest BCUT2D eigenvalue weighted by Gasteiger charge is 2.09. The van der Waals surface area contributed by atoms with Crippen molar-refractivity contribution in [3.8, 4) is 5.75 Å². The first kappa shape index (κ1) is 17.3. The normalized spacial score (nSPS) is 10.3. The molecule has 0 aromatic heterocycles. The van der Waals surface area contributed by atoms with Gasteiger partial charge in [-0.05, 0) is 48.9 Å². The lowest BCUT2D eigenvalue weighted by atomic mass is 10.1. The van der Waals surface area contributed by atoms with Gasteiger partial charge in [-0.2, -0.15) is 0 Å². The molecular weight excluding hydrogens is 337 g/mol. The zero-order valence-corrected chi connectivity index (χ0v) is 13.7. The number of Topliss-reactive ketones (excluding diaryl/α,β-unsaturated/α-hetero) is 1. The van der Waals surface area contributed by atoms with Crippen LogP contribution in [0, 0.1) is 0 Å². The van der Waals surface area contributed by atoms with Crippen molar-refractivity contribution in [1.29, 1.82) is 0 Å². The maximum absolute atomic E-state index is 12.0. The van der Waals surface area contributed by atoms with Gasteiger partial charge in [-0.15, -0.1) is 0 Å². The van der Waals surface area contributed by atoms with E-state index in [1.807, 2.05) is 0 Å². The zero-order valence-electron chi connectivity index (χ0n) is 12.2. The standard InChI is InChI=1S/C17H15Cl2NO3/c18-13-6-3-11(4-7-13)17(23)20-9-1-2-15(21)12-5-8-16(22)14(19)10-12/h3-8,10,22H,1-2,9H2,(H,20,23). The van der Waals surface area contributed by atoms with E-state index in [2.05, 4.69) is 5.32 Å². The molecule has 0 spiro atoms. The Morgan fingerprint density at radius 2 is 1.65 bits per heavy atom. The van der Waals surface area contributed by atoms with Crippen LogP contribution >= 0.6 is 23.2 Å². The predicted molar refractivity (Wildman–Crippen MR) is 90.5 cm³/mol. The van der Waals surface area contributed by atoms with Gasteiger partial charge in [0.2, 0.25) is 0 Å².